The molecule has 0 bridgehead atoms. The largest absolute Gasteiger partial charge is 0.379 e. The highest BCUT2D eigenvalue weighted by atomic mass is 16.9. The van der Waals surface area contributed by atoms with Gasteiger partial charge in [0.1, 0.15) is 24.4 Å². The van der Waals surface area contributed by atoms with Gasteiger partial charge in [0.2, 0.25) is 0 Å². The Bertz CT molecular complexity index is 410. The predicted octanol–water partition coefficient (Wildman–Crippen LogP) is 2.59. The standard InChI is InChI=1S/C17H30O6/c1-6-7-8-9-18-10-11-12-13(21-16(2,3)20-12)14-15(19-11)23-17(4,5)22-14/h11-15H,6-10H2,1-5H3/t11?,12-,13-,14+,15+/m0/s1. The summed E-state index contributed by atoms with van der Waals surface area (Å²) in [6.07, 6.45) is 2.12. The molecule has 3 saturated heterocycles. The molecule has 0 aromatic rings. The zero-order valence-corrected chi connectivity index (χ0v) is 14.9. The third-order valence-electron chi connectivity index (χ3n) is 4.43. The summed E-state index contributed by atoms with van der Waals surface area (Å²) < 4.78 is 35.8. The van der Waals surface area contributed by atoms with Gasteiger partial charge in [0.05, 0.1) is 6.61 Å². The molecule has 3 aliphatic heterocycles. The fourth-order valence-corrected chi connectivity index (χ4v) is 3.48. The lowest BCUT2D eigenvalue weighted by atomic mass is 9.99. The van der Waals surface area contributed by atoms with Crippen LogP contribution in [0, 0.1) is 0 Å². The minimum atomic E-state index is -0.674. The van der Waals surface area contributed by atoms with Crippen LogP contribution in [0.25, 0.3) is 0 Å². The SMILES string of the molecule is CCCCCOCC1O[C@@H]2OC(C)(C)O[C@@H]2[C@H]2OC(C)(C)O[C@@H]12. The van der Waals surface area contributed by atoms with Crippen LogP contribution < -0.4 is 0 Å². The molecule has 3 heterocycles. The van der Waals surface area contributed by atoms with E-state index in [1.165, 1.54) is 12.8 Å². The molecular weight excluding hydrogens is 300 g/mol. The molecule has 0 aromatic heterocycles. The summed E-state index contributed by atoms with van der Waals surface area (Å²) in [4.78, 5) is 0. The summed E-state index contributed by atoms with van der Waals surface area (Å²) >= 11 is 0. The molecule has 0 aliphatic carbocycles. The second-order valence-electron chi connectivity index (χ2n) is 7.49. The van der Waals surface area contributed by atoms with Crippen molar-refractivity contribution >= 4 is 0 Å². The molecule has 3 aliphatic rings. The second-order valence-corrected chi connectivity index (χ2v) is 7.49. The van der Waals surface area contributed by atoms with Crippen LogP contribution in [0.2, 0.25) is 0 Å². The minimum Gasteiger partial charge on any atom is -0.379 e. The molecule has 6 nitrogen and oxygen atoms in total. The lowest BCUT2D eigenvalue weighted by molar-refractivity contribution is -0.243. The number of unbranched alkanes of at least 4 members (excludes halogenated alkanes) is 2. The van der Waals surface area contributed by atoms with Gasteiger partial charge in [0, 0.05) is 6.61 Å². The van der Waals surface area contributed by atoms with Crippen LogP contribution in [0.15, 0.2) is 0 Å². The van der Waals surface area contributed by atoms with Gasteiger partial charge < -0.3 is 28.4 Å². The quantitative estimate of drug-likeness (QED) is 0.698. The Morgan fingerprint density at radius 3 is 2.22 bits per heavy atom. The van der Waals surface area contributed by atoms with E-state index in [9.17, 15) is 0 Å². The number of ether oxygens (including phenoxy) is 6. The Balaban J connectivity index is 1.64. The molecule has 0 N–H and O–H groups in total. The zero-order valence-electron chi connectivity index (χ0n) is 14.9. The van der Waals surface area contributed by atoms with Gasteiger partial charge >= 0.3 is 0 Å². The lowest BCUT2D eigenvalue weighted by Crippen LogP contribution is -2.56. The van der Waals surface area contributed by atoms with E-state index < -0.39 is 17.9 Å². The Morgan fingerprint density at radius 2 is 1.48 bits per heavy atom. The fourth-order valence-electron chi connectivity index (χ4n) is 3.48. The maximum Gasteiger partial charge on any atom is 0.190 e. The van der Waals surface area contributed by atoms with Crippen LogP contribution in [0.3, 0.4) is 0 Å². The van der Waals surface area contributed by atoms with Crippen LogP contribution in [0.5, 0.6) is 0 Å². The molecule has 23 heavy (non-hydrogen) atoms. The molecule has 134 valence electrons. The zero-order chi connectivity index (χ0) is 16.7. The Hall–Kier alpha value is -0.240. The van der Waals surface area contributed by atoms with Crippen molar-refractivity contribution in [2.24, 2.45) is 0 Å². The average Bonchev–Trinajstić information content (AvgIpc) is 2.93. The van der Waals surface area contributed by atoms with Crippen molar-refractivity contribution in [1.29, 1.82) is 0 Å². The average molecular weight is 330 g/mol. The van der Waals surface area contributed by atoms with Gasteiger partial charge in [-0.1, -0.05) is 19.8 Å². The summed E-state index contributed by atoms with van der Waals surface area (Å²) in [5, 5.41) is 0. The topological polar surface area (TPSA) is 55.4 Å². The van der Waals surface area contributed by atoms with Crippen LogP contribution in [0.4, 0.5) is 0 Å². The highest BCUT2D eigenvalue weighted by Crippen LogP contribution is 2.44. The second kappa shape index (κ2) is 6.58. The van der Waals surface area contributed by atoms with Crippen molar-refractivity contribution in [3.63, 3.8) is 0 Å². The van der Waals surface area contributed by atoms with Crippen molar-refractivity contribution in [1.82, 2.24) is 0 Å². The molecule has 0 amide bonds. The van der Waals surface area contributed by atoms with Crippen LogP contribution in [-0.4, -0.2) is 55.5 Å². The first kappa shape index (κ1) is 17.6. The van der Waals surface area contributed by atoms with Crippen molar-refractivity contribution in [3.8, 4) is 0 Å². The Labute approximate surface area is 138 Å². The van der Waals surface area contributed by atoms with E-state index in [0.717, 1.165) is 13.0 Å². The summed E-state index contributed by atoms with van der Waals surface area (Å²) in [5.41, 5.74) is 0. The minimum absolute atomic E-state index is 0.199. The predicted molar refractivity (Wildman–Crippen MR) is 82.9 cm³/mol. The number of fused-ring (bicyclic) bond motifs is 3. The number of rotatable bonds is 6. The van der Waals surface area contributed by atoms with Gasteiger partial charge in [-0.25, -0.2) is 0 Å². The van der Waals surface area contributed by atoms with Crippen molar-refractivity contribution < 1.29 is 28.4 Å². The summed E-state index contributed by atoms with van der Waals surface area (Å²) in [7, 11) is 0. The van der Waals surface area contributed by atoms with Crippen molar-refractivity contribution in [2.45, 2.75) is 96.2 Å². The lowest BCUT2D eigenvalue weighted by Gasteiger charge is -2.37. The van der Waals surface area contributed by atoms with E-state index in [1.807, 2.05) is 27.7 Å². The molecule has 6 heteroatoms. The summed E-state index contributed by atoms with van der Waals surface area (Å²) in [6.45, 7) is 11.0. The highest BCUT2D eigenvalue weighted by molar-refractivity contribution is 5.00. The van der Waals surface area contributed by atoms with E-state index in [-0.39, 0.29) is 24.4 Å². The molecule has 0 saturated carbocycles. The summed E-state index contributed by atoms with van der Waals surface area (Å²) in [5.74, 6) is -1.32. The first-order chi connectivity index (χ1) is 10.8. The van der Waals surface area contributed by atoms with E-state index in [2.05, 4.69) is 6.92 Å². The van der Waals surface area contributed by atoms with Crippen LogP contribution in [-0.2, 0) is 28.4 Å². The maximum absolute atomic E-state index is 6.08. The Morgan fingerprint density at radius 1 is 0.826 bits per heavy atom. The van der Waals surface area contributed by atoms with Crippen molar-refractivity contribution in [3.05, 3.63) is 0 Å². The van der Waals surface area contributed by atoms with E-state index in [4.69, 9.17) is 28.4 Å². The highest BCUT2D eigenvalue weighted by Gasteiger charge is 2.60. The van der Waals surface area contributed by atoms with E-state index in [1.54, 1.807) is 0 Å². The van der Waals surface area contributed by atoms with E-state index in [0.29, 0.717) is 6.61 Å². The summed E-state index contributed by atoms with van der Waals surface area (Å²) in [6, 6.07) is 0. The third-order valence-corrected chi connectivity index (χ3v) is 4.43. The fraction of sp³-hybridized carbons (Fsp3) is 1.00. The molecular formula is C17H30O6. The van der Waals surface area contributed by atoms with E-state index >= 15 is 0 Å². The van der Waals surface area contributed by atoms with Gasteiger partial charge in [0.25, 0.3) is 0 Å². The van der Waals surface area contributed by atoms with Crippen LogP contribution >= 0.6 is 0 Å². The monoisotopic (exact) mass is 330 g/mol. The molecule has 0 radical (unpaired) electrons. The third kappa shape index (κ3) is 3.89. The first-order valence-electron chi connectivity index (χ1n) is 8.76. The molecule has 0 aromatic carbocycles. The van der Waals surface area contributed by atoms with Gasteiger partial charge in [0.15, 0.2) is 17.9 Å². The smallest absolute Gasteiger partial charge is 0.190 e. The maximum atomic E-state index is 6.08. The Kier molecular flexibility index (Phi) is 5.03. The molecule has 3 fully saturated rings. The van der Waals surface area contributed by atoms with Crippen LogP contribution in [0.1, 0.15) is 53.9 Å². The van der Waals surface area contributed by atoms with Gasteiger partial charge in [-0.2, -0.15) is 0 Å². The molecule has 3 rings (SSSR count). The number of hydrogen-bond acceptors (Lipinski definition) is 6. The van der Waals surface area contributed by atoms with Gasteiger partial charge in [-0.05, 0) is 34.1 Å². The molecule has 0 spiro atoms. The van der Waals surface area contributed by atoms with Gasteiger partial charge in [-0.3, -0.25) is 0 Å². The molecule has 1 unspecified atom stereocenters. The first-order valence-corrected chi connectivity index (χ1v) is 8.76. The van der Waals surface area contributed by atoms with Crippen molar-refractivity contribution in [2.75, 3.05) is 13.2 Å². The number of hydrogen-bond donors (Lipinski definition) is 0. The van der Waals surface area contributed by atoms with Gasteiger partial charge in [-0.15, -0.1) is 0 Å². The normalized spacial score (nSPS) is 40.8. The molecule has 5 atom stereocenters.